The first kappa shape index (κ1) is 19.5. The summed E-state index contributed by atoms with van der Waals surface area (Å²) in [6, 6.07) is 0. The van der Waals surface area contributed by atoms with E-state index in [1.807, 2.05) is 20.8 Å². The maximum atomic E-state index is 12.7. The van der Waals surface area contributed by atoms with Crippen molar-refractivity contribution in [2.75, 3.05) is 0 Å². The summed E-state index contributed by atoms with van der Waals surface area (Å²) in [4.78, 5) is 12.7. The van der Waals surface area contributed by atoms with E-state index in [0.29, 0.717) is 29.9 Å². The van der Waals surface area contributed by atoms with Crippen molar-refractivity contribution in [3.8, 4) is 0 Å². The SMILES string of the molecule is CC(C)(C)OC1=C2CCC3C(CCC4(C)C3CCC4(C)O)C2(C)CCC1=O. The van der Waals surface area contributed by atoms with Crippen LogP contribution in [0.1, 0.15) is 92.9 Å². The van der Waals surface area contributed by atoms with E-state index in [0.717, 1.165) is 38.5 Å². The molecular formula is C24H38O3. The van der Waals surface area contributed by atoms with Crippen LogP contribution in [-0.2, 0) is 9.53 Å². The Bertz CT molecular complexity index is 682. The molecule has 27 heavy (non-hydrogen) atoms. The maximum absolute atomic E-state index is 12.7. The lowest BCUT2D eigenvalue weighted by Gasteiger charge is -2.59. The zero-order valence-electron chi connectivity index (χ0n) is 18.2. The van der Waals surface area contributed by atoms with Gasteiger partial charge >= 0.3 is 0 Å². The number of aliphatic hydroxyl groups is 1. The number of ether oxygens (including phenoxy) is 1. The minimum atomic E-state index is -0.525. The molecule has 0 aliphatic heterocycles. The largest absolute Gasteiger partial charge is 0.484 e. The van der Waals surface area contributed by atoms with Crippen LogP contribution in [0.2, 0.25) is 0 Å². The molecule has 152 valence electrons. The van der Waals surface area contributed by atoms with Gasteiger partial charge in [-0.05, 0) is 107 Å². The van der Waals surface area contributed by atoms with Crippen LogP contribution in [-0.4, -0.2) is 22.1 Å². The third-order valence-corrected chi connectivity index (χ3v) is 9.04. The summed E-state index contributed by atoms with van der Waals surface area (Å²) in [7, 11) is 0. The van der Waals surface area contributed by atoms with Crippen molar-refractivity contribution in [2.24, 2.45) is 28.6 Å². The molecule has 3 heteroatoms. The molecule has 6 unspecified atom stereocenters. The van der Waals surface area contributed by atoms with Gasteiger partial charge in [-0.1, -0.05) is 13.8 Å². The van der Waals surface area contributed by atoms with Crippen molar-refractivity contribution in [3.05, 3.63) is 11.3 Å². The highest BCUT2D eigenvalue weighted by atomic mass is 16.5. The summed E-state index contributed by atoms with van der Waals surface area (Å²) in [5.74, 6) is 2.83. The van der Waals surface area contributed by atoms with Gasteiger partial charge in [-0.2, -0.15) is 0 Å². The highest BCUT2D eigenvalue weighted by molar-refractivity contribution is 5.95. The lowest BCUT2D eigenvalue weighted by atomic mass is 9.46. The van der Waals surface area contributed by atoms with E-state index >= 15 is 0 Å². The molecule has 0 saturated heterocycles. The number of hydrogen-bond acceptors (Lipinski definition) is 3. The van der Waals surface area contributed by atoms with Crippen molar-refractivity contribution in [3.63, 3.8) is 0 Å². The number of fused-ring (bicyclic) bond motifs is 5. The molecule has 3 nitrogen and oxygen atoms in total. The lowest BCUT2D eigenvalue weighted by Crippen LogP contribution is -2.54. The van der Waals surface area contributed by atoms with E-state index < -0.39 is 5.60 Å². The zero-order valence-corrected chi connectivity index (χ0v) is 18.2. The lowest BCUT2D eigenvalue weighted by molar-refractivity contribution is -0.131. The van der Waals surface area contributed by atoms with Crippen LogP contribution in [0, 0.1) is 28.6 Å². The smallest absolute Gasteiger partial charge is 0.197 e. The minimum Gasteiger partial charge on any atom is -0.484 e. The van der Waals surface area contributed by atoms with E-state index in [9.17, 15) is 9.90 Å². The second-order valence-corrected chi connectivity index (χ2v) is 11.5. The Morgan fingerprint density at radius 2 is 1.63 bits per heavy atom. The monoisotopic (exact) mass is 374 g/mol. The van der Waals surface area contributed by atoms with Gasteiger partial charge in [0.25, 0.3) is 0 Å². The topological polar surface area (TPSA) is 46.5 Å². The summed E-state index contributed by atoms with van der Waals surface area (Å²) in [6.45, 7) is 12.9. The van der Waals surface area contributed by atoms with Crippen LogP contribution in [0.4, 0.5) is 0 Å². The van der Waals surface area contributed by atoms with Crippen molar-refractivity contribution in [1.82, 2.24) is 0 Å². The number of carbonyl (C=O) groups is 1. The first-order valence-electron chi connectivity index (χ1n) is 11.1. The van der Waals surface area contributed by atoms with E-state index in [-0.39, 0.29) is 22.2 Å². The van der Waals surface area contributed by atoms with Crippen molar-refractivity contribution in [1.29, 1.82) is 0 Å². The van der Waals surface area contributed by atoms with Gasteiger partial charge in [0, 0.05) is 6.42 Å². The van der Waals surface area contributed by atoms with Crippen LogP contribution < -0.4 is 0 Å². The fourth-order valence-electron chi connectivity index (χ4n) is 7.33. The normalized spacial score (nSPS) is 47.4. The van der Waals surface area contributed by atoms with Crippen LogP contribution >= 0.6 is 0 Å². The van der Waals surface area contributed by atoms with Crippen LogP contribution in [0.3, 0.4) is 0 Å². The van der Waals surface area contributed by atoms with Gasteiger partial charge in [-0.25, -0.2) is 0 Å². The fourth-order valence-corrected chi connectivity index (χ4v) is 7.33. The molecule has 0 spiro atoms. The first-order chi connectivity index (χ1) is 12.4. The van der Waals surface area contributed by atoms with Gasteiger partial charge in [0.15, 0.2) is 11.5 Å². The predicted molar refractivity (Wildman–Crippen MR) is 107 cm³/mol. The van der Waals surface area contributed by atoms with Crippen LogP contribution in [0.5, 0.6) is 0 Å². The first-order valence-corrected chi connectivity index (χ1v) is 11.1. The average Bonchev–Trinajstić information content (AvgIpc) is 2.79. The van der Waals surface area contributed by atoms with Crippen LogP contribution in [0.25, 0.3) is 0 Å². The Morgan fingerprint density at radius 3 is 2.30 bits per heavy atom. The molecule has 4 aliphatic carbocycles. The summed E-state index contributed by atoms with van der Waals surface area (Å²) in [6.07, 6.45) is 8.11. The molecule has 0 amide bonds. The Balaban J connectivity index is 1.71. The average molecular weight is 375 g/mol. The van der Waals surface area contributed by atoms with Gasteiger partial charge < -0.3 is 9.84 Å². The zero-order chi connectivity index (χ0) is 19.8. The molecule has 4 rings (SSSR count). The number of hydrogen-bond donors (Lipinski definition) is 1. The van der Waals surface area contributed by atoms with Gasteiger partial charge in [-0.15, -0.1) is 0 Å². The van der Waals surface area contributed by atoms with Gasteiger partial charge in [0.1, 0.15) is 5.60 Å². The summed E-state index contributed by atoms with van der Waals surface area (Å²) in [5, 5.41) is 11.1. The molecule has 0 aromatic rings. The molecule has 0 aromatic carbocycles. The molecule has 1 N–H and O–H groups in total. The summed E-state index contributed by atoms with van der Waals surface area (Å²) < 4.78 is 6.23. The quantitative estimate of drug-likeness (QED) is 0.667. The molecule has 3 saturated carbocycles. The molecule has 0 radical (unpaired) electrons. The second kappa shape index (κ2) is 5.84. The summed E-state index contributed by atoms with van der Waals surface area (Å²) >= 11 is 0. The predicted octanol–water partition coefficient (Wildman–Crippen LogP) is 5.41. The Labute approximate surface area is 164 Å². The molecule has 0 heterocycles. The van der Waals surface area contributed by atoms with E-state index in [1.54, 1.807) is 0 Å². The highest BCUT2D eigenvalue weighted by Crippen LogP contribution is 2.67. The molecular weight excluding hydrogens is 336 g/mol. The van der Waals surface area contributed by atoms with Crippen LogP contribution in [0.15, 0.2) is 11.3 Å². The third-order valence-electron chi connectivity index (χ3n) is 9.04. The standard InChI is InChI=1S/C24H38O3/c1-21(2,3)27-20-18-8-7-15-16(22(18,4)12-11-19(20)25)9-13-23(5)17(15)10-14-24(23,6)26/h15-17,26H,7-14H2,1-6H3. The van der Waals surface area contributed by atoms with Crippen molar-refractivity contribution < 1.29 is 14.6 Å². The van der Waals surface area contributed by atoms with E-state index in [4.69, 9.17) is 4.74 Å². The molecule has 0 aromatic heterocycles. The molecule has 6 atom stereocenters. The second-order valence-electron chi connectivity index (χ2n) is 11.5. The molecule has 0 bridgehead atoms. The minimum absolute atomic E-state index is 0.0565. The maximum Gasteiger partial charge on any atom is 0.197 e. The van der Waals surface area contributed by atoms with Gasteiger partial charge in [-0.3, -0.25) is 4.79 Å². The van der Waals surface area contributed by atoms with Gasteiger partial charge in [0.05, 0.1) is 5.60 Å². The number of rotatable bonds is 1. The highest BCUT2D eigenvalue weighted by Gasteiger charge is 2.63. The van der Waals surface area contributed by atoms with Gasteiger partial charge in [0.2, 0.25) is 0 Å². The Kier molecular flexibility index (Phi) is 4.22. The van der Waals surface area contributed by atoms with Crippen molar-refractivity contribution >= 4 is 5.78 Å². The van der Waals surface area contributed by atoms with E-state index in [2.05, 4.69) is 20.8 Å². The van der Waals surface area contributed by atoms with E-state index in [1.165, 1.54) is 12.0 Å². The van der Waals surface area contributed by atoms with Crippen molar-refractivity contribution in [2.45, 2.75) is 104 Å². The molecule has 3 fully saturated rings. The fraction of sp³-hybridized carbons (Fsp3) is 0.875. The molecule has 4 aliphatic rings. The number of Topliss-reactive ketones (excluding diaryl/α,β-unsaturated/α-hetero) is 1. The summed E-state index contributed by atoms with van der Waals surface area (Å²) in [5.41, 5.74) is 0.600. The number of allylic oxidation sites excluding steroid dienone is 1. The third kappa shape index (κ3) is 2.74. The number of carbonyl (C=O) groups excluding carboxylic acids is 1. The Morgan fingerprint density at radius 1 is 0.963 bits per heavy atom. The Hall–Kier alpha value is -0.830. The number of ketones is 1.